The Bertz CT molecular complexity index is 707. The van der Waals surface area contributed by atoms with Gasteiger partial charge in [0.25, 0.3) is 5.69 Å². The standard InChI is InChI=1S/C17H20N2O4S/c1-18(2)12-13-11-14(23-10-9-20)7-8-16(13)24-17-6-4-3-5-15(17)19(21)22/h3-8,11,20H,9-10,12H2,1-2H3. The second-order valence-corrected chi connectivity index (χ2v) is 6.49. The van der Waals surface area contributed by atoms with Crippen LogP contribution in [0.2, 0.25) is 0 Å². The molecule has 0 aromatic heterocycles. The third-order valence-electron chi connectivity index (χ3n) is 3.16. The van der Waals surface area contributed by atoms with Gasteiger partial charge in [-0.3, -0.25) is 10.1 Å². The first-order valence-electron chi connectivity index (χ1n) is 7.44. The van der Waals surface area contributed by atoms with Gasteiger partial charge in [0.05, 0.1) is 16.4 Å². The van der Waals surface area contributed by atoms with E-state index in [-0.39, 0.29) is 23.8 Å². The molecule has 0 heterocycles. The zero-order valence-electron chi connectivity index (χ0n) is 13.6. The van der Waals surface area contributed by atoms with Crippen molar-refractivity contribution in [2.24, 2.45) is 0 Å². The summed E-state index contributed by atoms with van der Waals surface area (Å²) in [7, 11) is 3.92. The third-order valence-corrected chi connectivity index (χ3v) is 4.34. The molecule has 0 aliphatic heterocycles. The Balaban J connectivity index is 2.33. The number of hydrogen-bond acceptors (Lipinski definition) is 6. The number of benzene rings is 2. The van der Waals surface area contributed by atoms with Gasteiger partial charge in [-0.2, -0.15) is 0 Å². The Morgan fingerprint density at radius 2 is 1.96 bits per heavy atom. The minimum atomic E-state index is -0.368. The van der Waals surface area contributed by atoms with Crippen LogP contribution in [0.5, 0.6) is 5.75 Å². The molecule has 0 unspecified atom stereocenters. The molecule has 0 fully saturated rings. The smallest absolute Gasteiger partial charge is 0.283 e. The fourth-order valence-corrected chi connectivity index (χ4v) is 3.21. The summed E-state index contributed by atoms with van der Waals surface area (Å²) >= 11 is 1.37. The maximum atomic E-state index is 11.2. The molecule has 0 atom stereocenters. The number of aliphatic hydroxyl groups is 1. The van der Waals surface area contributed by atoms with Crippen LogP contribution in [-0.2, 0) is 6.54 Å². The van der Waals surface area contributed by atoms with E-state index in [1.807, 2.05) is 37.2 Å². The number of nitro benzene ring substituents is 1. The maximum absolute atomic E-state index is 11.2. The number of ether oxygens (including phenoxy) is 1. The molecular weight excluding hydrogens is 328 g/mol. The van der Waals surface area contributed by atoms with Gasteiger partial charge in [-0.05, 0) is 43.9 Å². The molecule has 0 amide bonds. The number of para-hydroxylation sites is 1. The monoisotopic (exact) mass is 348 g/mol. The van der Waals surface area contributed by atoms with Gasteiger partial charge in [0, 0.05) is 17.5 Å². The van der Waals surface area contributed by atoms with Gasteiger partial charge in [0.1, 0.15) is 12.4 Å². The zero-order chi connectivity index (χ0) is 17.5. The van der Waals surface area contributed by atoms with E-state index in [1.54, 1.807) is 18.2 Å². The highest BCUT2D eigenvalue weighted by atomic mass is 32.2. The summed E-state index contributed by atoms with van der Waals surface area (Å²) in [5.74, 6) is 0.674. The van der Waals surface area contributed by atoms with Gasteiger partial charge in [0.15, 0.2) is 0 Å². The number of nitro groups is 1. The number of aliphatic hydroxyl groups excluding tert-OH is 1. The van der Waals surface area contributed by atoms with Crippen LogP contribution in [0.3, 0.4) is 0 Å². The second-order valence-electron chi connectivity index (χ2n) is 5.41. The van der Waals surface area contributed by atoms with Gasteiger partial charge < -0.3 is 14.7 Å². The molecule has 0 aliphatic rings. The van der Waals surface area contributed by atoms with Crippen molar-refractivity contribution in [3.8, 4) is 5.75 Å². The van der Waals surface area contributed by atoms with Crippen molar-refractivity contribution < 1.29 is 14.8 Å². The van der Waals surface area contributed by atoms with Gasteiger partial charge in [-0.25, -0.2) is 0 Å². The second kappa shape index (κ2) is 8.68. The largest absolute Gasteiger partial charge is 0.491 e. The normalized spacial score (nSPS) is 10.8. The average molecular weight is 348 g/mol. The minimum absolute atomic E-state index is 0.0459. The average Bonchev–Trinajstić information content (AvgIpc) is 2.54. The lowest BCUT2D eigenvalue weighted by molar-refractivity contribution is -0.387. The van der Waals surface area contributed by atoms with Crippen LogP contribution in [0.15, 0.2) is 52.3 Å². The van der Waals surface area contributed by atoms with Gasteiger partial charge >= 0.3 is 0 Å². The molecule has 0 saturated carbocycles. The Hall–Kier alpha value is -2.09. The molecule has 0 bridgehead atoms. The predicted molar refractivity (Wildman–Crippen MR) is 93.6 cm³/mol. The lowest BCUT2D eigenvalue weighted by Gasteiger charge is -2.16. The molecule has 2 rings (SSSR count). The van der Waals surface area contributed by atoms with E-state index in [1.165, 1.54) is 17.8 Å². The van der Waals surface area contributed by atoms with Crippen molar-refractivity contribution in [1.29, 1.82) is 0 Å². The van der Waals surface area contributed by atoms with Crippen molar-refractivity contribution >= 4 is 17.4 Å². The first kappa shape index (κ1) is 18.3. The van der Waals surface area contributed by atoms with Crippen molar-refractivity contribution in [3.63, 3.8) is 0 Å². The fourth-order valence-electron chi connectivity index (χ4n) is 2.19. The van der Waals surface area contributed by atoms with Crippen LogP contribution in [0.4, 0.5) is 5.69 Å². The molecule has 0 radical (unpaired) electrons. The zero-order valence-corrected chi connectivity index (χ0v) is 14.5. The lowest BCUT2D eigenvalue weighted by atomic mass is 10.2. The van der Waals surface area contributed by atoms with E-state index in [4.69, 9.17) is 9.84 Å². The first-order chi connectivity index (χ1) is 11.5. The summed E-state index contributed by atoms with van der Waals surface area (Å²) < 4.78 is 5.46. The first-order valence-corrected chi connectivity index (χ1v) is 8.25. The molecule has 0 spiro atoms. The molecule has 0 saturated heterocycles. The Labute approximate surface area is 145 Å². The van der Waals surface area contributed by atoms with E-state index in [0.29, 0.717) is 17.2 Å². The molecule has 1 N–H and O–H groups in total. The topological polar surface area (TPSA) is 75.8 Å². The highest BCUT2D eigenvalue weighted by Crippen LogP contribution is 2.37. The summed E-state index contributed by atoms with van der Waals surface area (Å²) in [5, 5.41) is 20.1. The highest BCUT2D eigenvalue weighted by molar-refractivity contribution is 7.99. The van der Waals surface area contributed by atoms with Crippen molar-refractivity contribution in [2.45, 2.75) is 16.3 Å². The third kappa shape index (κ3) is 4.95. The van der Waals surface area contributed by atoms with Crippen LogP contribution in [-0.4, -0.2) is 42.2 Å². The molecule has 24 heavy (non-hydrogen) atoms. The number of hydrogen-bond donors (Lipinski definition) is 1. The van der Waals surface area contributed by atoms with Crippen LogP contribution >= 0.6 is 11.8 Å². The van der Waals surface area contributed by atoms with Crippen LogP contribution in [0, 0.1) is 10.1 Å². The molecule has 2 aromatic carbocycles. The van der Waals surface area contributed by atoms with E-state index < -0.39 is 0 Å². The number of nitrogens with zero attached hydrogens (tertiary/aromatic N) is 2. The van der Waals surface area contributed by atoms with Crippen LogP contribution < -0.4 is 4.74 Å². The van der Waals surface area contributed by atoms with Gasteiger partial charge in [0.2, 0.25) is 0 Å². The van der Waals surface area contributed by atoms with E-state index in [2.05, 4.69) is 0 Å². The Morgan fingerprint density at radius 1 is 1.21 bits per heavy atom. The summed E-state index contributed by atoms with van der Waals surface area (Å²) in [6.07, 6.45) is 0. The molecular formula is C17H20N2O4S. The van der Waals surface area contributed by atoms with Crippen molar-refractivity contribution in [3.05, 3.63) is 58.1 Å². The van der Waals surface area contributed by atoms with E-state index in [9.17, 15) is 10.1 Å². The minimum Gasteiger partial charge on any atom is -0.491 e. The Kier molecular flexibility index (Phi) is 6.60. The summed E-state index contributed by atoms with van der Waals surface area (Å²) in [5.41, 5.74) is 1.11. The van der Waals surface area contributed by atoms with Crippen LogP contribution in [0.1, 0.15) is 5.56 Å². The van der Waals surface area contributed by atoms with Crippen LogP contribution in [0.25, 0.3) is 0 Å². The Morgan fingerprint density at radius 3 is 2.62 bits per heavy atom. The van der Waals surface area contributed by atoms with Gasteiger partial charge in [-0.1, -0.05) is 23.9 Å². The predicted octanol–water partition coefficient (Wildman–Crippen LogP) is 3.18. The summed E-state index contributed by atoms with van der Waals surface area (Å²) in [6.45, 7) is 0.868. The van der Waals surface area contributed by atoms with Crippen molar-refractivity contribution in [1.82, 2.24) is 4.90 Å². The van der Waals surface area contributed by atoms with Crippen molar-refractivity contribution in [2.75, 3.05) is 27.3 Å². The number of rotatable bonds is 8. The molecule has 6 nitrogen and oxygen atoms in total. The quantitative estimate of drug-likeness (QED) is 0.583. The molecule has 0 aliphatic carbocycles. The van der Waals surface area contributed by atoms with E-state index >= 15 is 0 Å². The molecule has 7 heteroatoms. The SMILES string of the molecule is CN(C)Cc1cc(OCCO)ccc1Sc1ccccc1[N+](=O)[O-]. The molecule has 128 valence electrons. The molecule has 2 aromatic rings. The highest BCUT2D eigenvalue weighted by Gasteiger charge is 2.16. The van der Waals surface area contributed by atoms with E-state index in [0.717, 1.165) is 10.5 Å². The lowest BCUT2D eigenvalue weighted by Crippen LogP contribution is -2.12. The maximum Gasteiger partial charge on any atom is 0.283 e. The fraction of sp³-hybridized carbons (Fsp3) is 0.294. The summed E-state index contributed by atoms with van der Waals surface area (Å²) in [6, 6.07) is 12.3. The van der Waals surface area contributed by atoms with Gasteiger partial charge in [-0.15, -0.1) is 0 Å². The summed E-state index contributed by atoms with van der Waals surface area (Å²) in [4.78, 5) is 14.4.